The summed E-state index contributed by atoms with van der Waals surface area (Å²) in [5, 5.41) is 1.14. The molecule has 18 heavy (non-hydrogen) atoms. The zero-order valence-electron chi connectivity index (χ0n) is 11.6. The molecule has 1 aromatic carbocycles. The molecular formula is C16H24BrN. The lowest BCUT2D eigenvalue weighted by atomic mass is 9.75. The molecule has 0 aromatic heterocycles. The molecule has 1 saturated carbocycles. The van der Waals surface area contributed by atoms with Gasteiger partial charge in [-0.25, -0.2) is 0 Å². The number of hydrogen-bond acceptors (Lipinski definition) is 1. The molecule has 0 N–H and O–H groups in total. The van der Waals surface area contributed by atoms with Crippen LogP contribution in [0.2, 0.25) is 0 Å². The van der Waals surface area contributed by atoms with Gasteiger partial charge >= 0.3 is 0 Å². The van der Waals surface area contributed by atoms with Crippen LogP contribution in [0.5, 0.6) is 0 Å². The van der Waals surface area contributed by atoms with E-state index in [0.29, 0.717) is 5.41 Å². The SMILES string of the molecule is Cc1ccc(N(C)CC2(CBr)CCCCC2)cc1. The lowest BCUT2D eigenvalue weighted by Crippen LogP contribution is -2.38. The van der Waals surface area contributed by atoms with E-state index in [4.69, 9.17) is 0 Å². The third-order valence-electron chi connectivity index (χ3n) is 4.25. The van der Waals surface area contributed by atoms with Crippen molar-refractivity contribution in [3.63, 3.8) is 0 Å². The summed E-state index contributed by atoms with van der Waals surface area (Å²) in [6.07, 6.45) is 6.95. The van der Waals surface area contributed by atoms with Gasteiger partial charge < -0.3 is 4.90 Å². The molecule has 0 amide bonds. The fourth-order valence-corrected chi connectivity index (χ4v) is 3.77. The summed E-state index contributed by atoms with van der Waals surface area (Å²) in [4.78, 5) is 2.42. The molecule has 100 valence electrons. The summed E-state index contributed by atoms with van der Waals surface area (Å²) < 4.78 is 0. The molecule has 1 aromatic rings. The van der Waals surface area contributed by atoms with Crippen molar-refractivity contribution in [1.82, 2.24) is 0 Å². The maximum atomic E-state index is 3.75. The van der Waals surface area contributed by atoms with Crippen molar-refractivity contribution in [3.05, 3.63) is 29.8 Å². The largest absolute Gasteiger partial charge is 0.374 e. The Balaban J connectivity index is 2.04. The van der Waals surface area contributed by atoms with Crippen LogP contribution in [-0.2, 0) is 0 Å². The second-order valence-corrected chi connectivity index (χ2v) is 6.45. The van der Waals surface area contributed by atoms with Crippen molar-refractivity contribution in [2.45, 2.75) is 39.0 Å². The first kappa shape index (κ1) is 13.9. The standard InChI is InChI=1S/C16H24BrN/c1-14-6-8-15(9-7-14)18(2)13-16(12-17)10-4-3-5-11-16/h6-9H,3-5,10-13H2,1-2H3. The summed E-state index contributed by atoms with van der Waals surface area (Å²) in [6.45, 7) is 3.31. The Morgan fingerprint density at radius 1 is 1.11 bits per heavy atom. The number of hydrogen-bond donors (Lipinski definition) is 0. The van der Waals surface area contributed by atoms with Gasteiger partial charge in [-0.2, -0.15) is 0 Å². The van der Waals surface area contributed by atoms with E-state index in [1.54, 1.807) is 0 Å². The van der Waals surface area contributed by atoms with Crippen molar-refractivity contribution < 1.29 is 0 Å². The van der Waals surface area contributed by atoms with Gasteiger partial charge in [0.1, 0.15) is 0 Å². The van der Waals surface area contributed by atoms with E-state index >= 15 is 0 Å². The Hall–Kier alpha value is -0.500. The van der Waals surface area contributed by atoms with Crippen LogP contribution in [0.25, 0.3) is 0 Å². The van der Waals surface area contributed by atoms with Crippen LogP contribution >= 0.6 is 15.9 Å². The van der Waals surface area contributed by atoms with E-state index in [1.165, 1.54) is 49.9 Å². The normalized spacial score (nSPS) is 18.6. The first-order chi connectivity index (χ1) is 8.65. The van der Waals surface area contributed by atoms with Gasteiger partial charge in [-0.1, -0.05) is 52.9 Å². The molecule has 1 fully saturated rings. The topological polar surface area (TPSA) is 3.24 Å². The van der Waals surface area contributed by atoms with Crippen molar-refractivity contribution in [1.29, 1.82) is 0 Å². The van der Waals surface area contributed by atoms with Gasteiger partial charge in [-0.05, 0) is 37.3 Å². The summed E-state index contributed by atoms with van der Waals surface area (Å²) in [7, 11) is 2.23. The summed E-state index contributed by atoms with van der Waals surface area (Å²) >= 11 is 3.75. The fraction of sp³-hybridized carbons (Fsp3) is 0.625. The predicted molar refractivity (Wildman–Crippen MR) is 83.8 cm³/mol. The fourth-order valence-electron chi connectivity index (χ4n) is 3.03. The first-order valence-electron chi connectivity index (χ1n) is 6.99. The smallest absolute Gasteiger partial charge is 0.0363 e. The molecule has 0 unspecified atom stereocenters. The van der Waals surface area contributed by atoms with E-state index < -0.39 is 0 Å². The molecule has 1 nitrogen and oxygen atoms in total. The molecule has 0 saturated heterocycles. The zero-order valence-corrected chi connectivity index (χ0v) is 13.2. The number of aryl methyl sites for hydroxylation is 1. The Labute approximate surface area is 120 Å². The van der Waals surface area contributed by atoms with Crippen LogP contribution in [-0.4, -0.2) is 18.9 Å². The highest BCUT2D eigenvalue weighted by Crippen LogP contribution is 2.39. The second kappa shape index (κ2) is 6.10. The highest BCUT2D eigenvalue weighted by Gasteiger charge is 2.32. The Morgan fingerprint density at radius 2 is 1.72 bits per heavy atom. The number of alkyl halides is 1. The van der Waals surface area contributed by atoms with Crippen molar-refractivity contribution >= 4 is 21.6 Å². The Kier molecular flexibility index (Phi) is 4.71. The van der Waals surface area contributed by atoms with E-state index in [0.717, 1.165) is 5.33 Å². The van der Waals surface area contributed by atoms with Gasteiger partial charge in [0.2, 0.25) is 0 Å². The van der Waals surface area contributed by atoms with Gasteiger partial charge in [0, 0.05) is 24.6 Å². The van der Waals surface area contributed by atoms with Crippen LogP contribution in [0.1, 0.15) is 37.7 Å². The Bertz CT molecular complexity index is 365. The molecule has 2 heteroatoms. The molecule has 0 aliphatic heterocycles. The predicted octanol–water partition coefficient (Wildman–Crippen LogP) is 4.78. The number of halogens is 1. The number of nitrogens with zero attached hydrogens (tertiary/aromatic N) is 1. The molecule has 1 aliphatic carbocycles. The van der Waals surface area contributed by atoms with Gasteiger partial charge in [0.05, 0.1) is 0 Å². The monoisotopic (exact) mass is 309 g/mol. The van der Waals surface area contributed by atoms with Crippen LogP contribution in [0.15, 0.2) is 24.3 Å². The third-order valence-corrected chi connectivity index (χ3v) is 5.43. The minimum absolute atomic E-state index is 0.484. The van der Waals surface area contributed by atoms with Gasteiger partial charge in [0.25, 0.3) is 0 Å². The molecule has 0 heterocycles. The highest BCUT2D eigenvalue weighted by atomic mass is 79.9. The molecule has 2 rings (SSSR count). The van der Waals surface area contributed by atoms with E-state index in [9.17, 15) is 0 Å². The van der Waals surface area contributed by atoms with Crippen molar-refractivity contribution in [2.75, 3.05) is 23.8 Å². The second-order valence-electron chi connectivity index (χ2n) is 5.89. The van der Waals surface area contributed by atoms with Gasteiger partial charge in [0.15, 0.2) is 0 Å². The first-order valence-corrected chi connectivity index (χ1v) is 8.11. The molecule has 0 atom stereocenters. The molecule has 1 aliphatic rings. The zero-order chi connectivity index (χ0) is 13.0. The van der Waals surface area contributed by atoms with Gasteiger partial charge in [-0.3, -0.25) is 0 Å². The van der Waals surface area contributed by atoms with Crippen LogP contribution in [0, 0.1) is 12.3 Å². The quantitative estimate of drug-likeness (QED) is 0.724. The molecule has 0 spiro atoms. The average Bonchev–Trinajstić information content (AvgIpc) is 2.40. The van der Waals surface area contributed by atoms with E-state index in [-0.39, 0.29) is 0 Å². The average molecular weight is 310 g/mol. The van der Waals surface area contributed by atoms with Crippen LogP contribution < -0.4 is 4.90 Å². The van der Waals surface area contributed by atoms with Crippen molar-refractivity contribution in [3.8, 4) is 0 Å². The van der Waals surface area contributed by atoms with Crippen LogP contribution in [0.4, 0.5) is 5.69 Å². The summed E-state index contributed by atoms with van der Waals surface area (Å²) in [5.74, 6) is 0. The number of rotatable bonds is 4. The van der Waals surface area contributed by atoms with E-state index in [2.05, 4.69) is 59.1 Å². The van der Waals surface area contributed by atoms with Crippen molar-refractivity contribution in [2.24, 2.45) is 5.41 Å². The van der Waals surface area contributed by atoms with E-state index in [1.807, 2.05) is 0 Å². The molecule has 0 radical (unpaired) electrons. The lowest BCUT2D eigenvalue weighted by molar-refractivity contribution is 0.232. The molecular weight excluding hydrogens is 286 g/mol. The van der Waals surface area contributed by atoms with Gasteiger partial charge in [-0.15, -0.1) is 0 Å². The van der Waals surface area contributed by atoms with Crippen LogP contribution in [0.3, 0.4) is 0 Å². The molecule has 0 bridgehead atoms. The minimum Gasteiger partial charge on any atom is -0.374 e. The number of benzene rings is 1. The lowest BCUT2D eigenvalue weighted by Gasteiger charge is -2.39. The highest BCUT2D eigenvalue weighted by molar-refractivity contribution is 9.09. The Morgan fingerprint density at radius 3 is 2.28 bits per heavy atom. The summed E-state index contributed by atoms with van der Waals surface area (Å²) in [5.41, 5.74) is 3.16. The summed E-state index contributed by atoms with van der Waals surface area (Å²) in [6, 6.07) is 8.88. The minimum atomic E-state index is 0.484. The number of anilines is 1. The third kappa shape index (κ3) is 3.28. The maximum absolute atomic E-state index is 3.75. The maximum Gasteiger partial charge on any atom is 0.0363 e.